The van der Waals surface area contributed by atoms with Crippen LogP contribution in [0.2, 0.25) is 5.02 Å². The van der Waals surface area contributed by atoms with E-state index in [9.17, 15) is 13.6 Å². The van der Waals surface area contributed by atoms with Crippen molar-refractivity contribution in [2.45, 2.75) is 33.2 Å². The van der Waals surface area contributed by atoms with Crippen LogP contribution in [0.5, 0.6) is 0 Å². The molecule has 6 heteroatoms. The Morgan fingerprint density at radius 2 is 1.86 bits per heavy atom. The summed E-state index contributed by atoms with van der Waals surface area (Å²) in [6.45, 7) is 4.13. The number of halogens is 3. The highest BCUT2D eigenvalue weighted by Gasteiger charge is 2.25. The smallest absolute Gasteiger partial charge is 0.251 e. The molecule has 0 radical (unpaired) electrons. The van der Waals surface area contributed by atoms with Gasteiger partial charge in [-0.25, -0.2) is 8.78 Å². The molecular weight excluding hydrogens is 382 g/mol. The van der Waals surface area contributed by atoms with Crippen molar-refractivity contribution in [3.63, 3.8) is 0 Å². The zero-order valence-electron chi connectivity index (χ0n) is 15.7. The summed E-state index contributed by atoms with van der Waals surface area (Å²) in [6, 6.07) is 11.1. The molecule has 1 heterocycles. The molecular formula is C22H21ClF2N2O. The van der Waals surface area contributed by atoms with E-state index < -0.39 is 17.5 Å². The number of rotatable bonds is 6. The van der Waals surface area contributed by atoms with Gasteiger partial charge in [0.05, 0.1) is 5.56 Å². The van der Waals surface area contributed by atoms with Crippen LogP contribution in [-0.4, -0.2) is 10.5 Å². The molecule has 0 atom stereocenters. The third kappa shape index (κ3) is 3.67. The van der Waals surface area contributed by atoms with Crippen molar-refractivity contribution >= 4 is 17.5 Å². The highest BCUT2D eigenvalue weighted by molar-refractivity contribution is 6.33. The van der Waals surface area contributed by atoms with Gasteiger partial charge < -0.3 is 10.3 Å². The number of hydrogen-bond donors (Lipinski definition) is 1. The highest BCUT2D eigenvalue weighted by Crippen LogP contribution is 2.37. The number of benzene rings is 2. The lowest BCUT2D eigenvalue weighted by Gasteiger charge is -2.14. The van der Waals surface area contributed by atoms with Gasteiger partial charge in [-0.05, 0) is 37.1 Å². The van der Waals surface area contributed by atoms with Crippen molar-refractivity contribution in [1.29, 1.82) is 0 Å². The van der Waals surface area contributed by atoms with Gasteiger partial charge in [-0.2, -0.15) is 0 Å². The molecule has 3 aromatic rings. The molecule has 3 rings (SSSR count). The SMILES string of the molecule is CCCc1c(-c2ccccc2Cl)c(C(N)=O)c(C)n1Cc1ccc(F)c(F)c1. The zero-order valence-corrected chi connectivity index (χ0v) is 16.5. The second kappa shape index (κ2) is 8.15. The number of aromatic nitrogens is 1. The molecule has 0 aliphatic heterocycles. The summed E-state index contributed by atoms with van der Waals surface area (Å²) in [5.74, 6) is -2.34. The number of carbonyl (C=O) groups is 1. The Kier molecular flexibility index (Phi) is 5.84. The largest absolute Gasteiger partial charge is 0.366 e. The van der Waals surface area contributed by atoms with E-state index in [0.29, 0.717) is 40.4 Å². The quantitative estimate of drug-likeness (QED) is 0.581. The summed E-state index contributed by atoms with van der Waals surface area (Å²) in [7, 11) is 0. The molecule has 1 amide bonds. The second-order valence-electron chi connectivity index (χ2n) is 6.71. The van der Waals surface area contributed by atoms with Gasteiger partial charge in [-0.1, -0.05) is 49.2 Å². The van der Waals surface area contributed by atoms with Gasteiger partial charge in [-0.15, -0.1) is 0 Å². The van der Waals surface area contributed by atoms with E-state index in [4.69, 9.17) is 17.3 Å². The Bertz CT molecular complexity index is 1040. The van der Waals surface area contributed by atoms with Crippen molar-refractivity contribution in [1.82, 2.24) is 4.57 Å². The van der Waals surface area contributed by atoms with Gasteiger partial charge in [0.25, 0.3) is 5.91 Å². The molecule has 0 unspecified atom stereocenters. The van der Waals surface area contributed by atoms with Crippen LogP contribution < -0.4 is 5.73 Å². The average Bonchev–Trinajstić information content (AvgIpc) is 2.91. The minimum Gasteiger partial charge on any atom is -0.366 e. The number of nitrogens with two attached hydrogens (primary N) is 1. The van der Waals surface area contributed by atoms with E-state index in [1.807, 2.05) is 29.7 Å². The normalized spacial score (nSPS) is 11.0. The van der Waals surface area contributed by atoms with Crippen LogP contribution in [0, 0.1) is 18.6 Å². The molecule has 0 fully saturated rings. The number of amides is 1. The lowest BCUT2D eigenvalue weighted by atomic mass is 9.98. The molecule has 2 aromatic carbocycles. The van der Waals surface area contributed by atoms with Crippen LogP contribution in [0.4, 0.5) is 8.78 Å². The van der Waals surface area contributed by atoms with E-state index in [0.717, 1.165) is 23.7 Å². The maximum atomic E-state index is 13.7. The van der Waals surface area contributed by atoms with E-state index in [1.54, 1.807) is 13.0 Å². The standard InChI is InChI=1S/C22H21ClF2N2O/c1-3-6-19-21(15-7-4-5-8-16(15)23)20(22(26)28)13(2)27(19)12-14-9-10-17(24)18(25)11-14/h4-5,7-11H,3,6,12H2,1-2H3,(H2,26,28). The third-order valence-electron chi connectivity index (χ3n) is 4.83. The van der Waals surface area contributed by atoms with Crippen molar-refractivity contribution in [3.8, 4) is 11.1 Å². The van der Waals surface area contributed by atoms with Crippen molar-refractivity contribution < 1.29 is 13.6 Å². The first-order chi connectivity index (χ1) is 13.3. The summed E-state index contributed by atoms with van der Waals surface area (Å²) in [5.41, 5.74) is 9.72. The molecule has 0 aliphatic carbocycles. The molecule has 2 N–H and O–H groups in total. The molecule has 3 nitrogen and oxygen atoms in total. The maximum absolute atomic E-state index is 13.7. The monoisotopic (exact) mass is 402 g/mol. The summed E-state index contributed by atoms with van der Waals surface area (Å²) in [6.07, 6.45) is 1.51. The van der Waals surface area contributed by atoms with Crippen molar-refractivity contribution in [3.05, 3.63) is 81.6 Å². The Morgan fingerprint density at radius 1 is 1.14 bits per heavy atom. The van der Waals surface area contributed by atoms with E-state index in [-0.39, 0.29) is 0 Å². The van der Waals surface area contributed by atoms with Crippen molar-refractivity contribution in [2.75, 3.05) is 0 Å². The number of hydrogen-bond acceptors (Lipinski definition) is 1. The first-order valence-corrected chi connectivity index (χ1v) is 9.43. The summed E-state index contributed by atoms with van der Waals surface area (Å²) < 4.78 is 28.9. The molecule has 0 bridgehead atoms. The molecule has 0 saturated heterocycles. The Balaban J connectivity index is 2.25. The van der Waals surface area contributed by atoms with Crippen LogP contribution in [0.15, 0.2) is 42.5 Å². The predicted octanol–water partition coefficient (Wildman–Crippen LogP) is 5.49. The Hall–Kier alpha value is -2.66. The minimum absolute atomic E-state index is 0.295. The Morgan fingerprint density at radius 3 is 2.46 bits per heavy atom. The molecule has 0 spiro atoms. The summed E-state index contributed by atoms with van der Waals surface area (Å²) in [4.78, 5) is 12.3. The van der Waals surface area contributed by atoms with Gasteiger partial charge in [-0.3, -0.25) is 4.79 Å². The fraction of sp³-hybridized carbons (Fsp3) is 0.227. The second-order valence-corrected chi connectivity index (χ2v) is 7.12. The van der Waals surface area contributed by atoms with Crippen molar-refractivity contribution in [2.24, 2.45) is 5.73 Å². The van der Waals surface area contributed by atoms with E-state index in [1.165, 1.54) is 12.1 Å². The Labute approximate surface area is 167 Å². The molecule has 1 aromatic heterocycles. The van der Waals surface area contributed by atoms with E-state index in [2.05, 4.69) is 0 Å². The topological polar surface area (TPSA) is 48.0 Å². The molecule has 28 heavy (non-hydrogen) atoms. The third-order valence-corrected chi connectivity index (χ3v) is 5.16. The van der Waals surface area contributed by atoms with Crippen LogP contribution in [0.3, 0.4) is 0 Å². The van der Waals surface area contributed by atoms with Gasteiger partial charge in [0, 0.05) is 34.1 Å². The van der Waals surface area contributed by atoms with Gasteiger partial charge in [0.2, 0.25) is 0 Å². The predicted molar refractivity (Wildman–Crippen MR) is 108 cm³/mol. The van der Waals surface area contributed by atoms with Crippen LogP contribution in [0.1, 0.15) is 40.7 Å². The first-order valence-electron chi connectivity index (χ1n) is 9.05. The van der Waals surface area contributed by atoms with Crippen LogP contribution in [0.25, 0.3) is 11.1 Å². The fourth-order valence-electron chi connectivity index (χ4n) is 3.58. The summed E-state index contributed by atoms with van der Waals surface area (Å²) >= 11 is 6.41. The van der Waals surface area contributed by atoms with E-state index >= 15 is 0 Å². The minimum atomic E-state index is -0.902. The number of primary amides is 1. The molecule has 0 saturated carbocycles. The van der Waals surface area contributed by atoms with Gasteiger partial charge in [0.1, 0.15) is 0 Å². The first kappa shape index (κ1) is 20.1. The fourth-order valence-corrected chi connectivity index (χ4v) is 3.81. The van der Waals surface area contributed by atoms with Gasteiger partial charge in [0.15, 0.2) is 11.6 Å². The lowest BCUT2D eigenvalue weighted by Crippen LogP contribution is -2.13. The maximum Gasteiger partial charge on any atom is 0.251 e. The average molecular weight is 403 g/mol. The molecule has 0 aliphatic rings. The zero-order chi connectivity index (χ0) is 20.4. The van der Waals surface area contributed by atoms with Crippen LogP contribution in [-0.2, 0) is 13.0 Å². The summed E-state index contributed by atoms with van der Waals surface area (Å²) in [5, 5.41) is 0.521. The number of nitrogens with zero attached hydrogens (tertiary/aromatic N) is 1. The van der Waals surface area contributed by atoms with Gasteiger partial charge >= 0.3 is 0 Å². The molecule has 146 valence electrons. The lowest BCUT2D eigenvalue weighted by molar-refractivity contribution is 0.1000. The highest BCUT2D eigenvalue weighted by atomic mass is 35.5. The number of carbonyl (C=O) groups excluding carboxylic acids is 1. The van der Waals surface area contributed by atoms with Crippen LogP contribution >= 0.6 is 11.6 Å².